The van der Waals surface area contributed by atoms with Crippen molar-refractivity contribution in [2.45, 2.75) is 0 Å². The van der Waals surface area contributed by atoms with E-state index in [2.05, 4.69) is 0 Å². The van der Waals surface area contributed by atoms with Gasteiger partial charge in [0.1, 0.15) is 0 Å². The average molecular weight is 136 g/mol. The van der Waals surface area contributed by atoms with E-state index >= 15 is 0 Å². The van der Waals surface area contributed by atoms with Crippen molar-refractivity contribution < 1.29 is 31.0 Å². The Morgan fingerprint density at radius 1 is 1.20 bits per heavy atom. The summed E-state index contributed by atoms with van der Waals surface area (Å²) < 4.78 is 16.6. The largest absolute Gasteiger partial charge is 2.00 e. The molecule has 0 aromatic carbocycles. The van der Waals surface area contributed by atoms with Crippen molar-refractivity contribution >= 4 is 11.6 Å². The van der Waals surface area contributed by atoms with Gasteiger partial charge in [0.05, 0.1) is 0 Å². The Hall–Kier alpha value is 0.299. The van der Waals surface area contributed by atoms with Crippen LogP contribution in [-0.4, -0.2) is 8.42 Å². The molecule has 0 aliphatic carbocycles. The maximum atomic E-state index is 8.29. The third-order valence-electron chi connectivity index (χ3n) is 0. The molecule has 0 amide bonds. The first-order valence-electron chi connectivity index (χ1n) is 0.333. The second-order valence-electron chi connectivity index (χ2n) is 0.0680. The molecular formula is FeO3S. The van der Waals surface area contributed by atoms with E-state index in [1.807, 2.05) is 0 Å². The van der Waals surface area contributed by atoms with Crippen molar-refractivity contribution in [1.29, 1.82) is 0 Å². The van der Waals surface area contributed by atoms with Gasteiger partial charge in [-0.15, -0.1) is 0 Å². The third-order valence-corrected chi connectivity index (χ3v) is 0. The molecule has 5 heavy (non-hydrogen) atoms. The van der Waals surface area contributed by atoms with E-state index < -0.39 is 11.6 Å². The van der Waals surface area contributed by atoms with Crippen molar-refractivity contribution in [2.75, 3.05) is 0 Å². The van der Waals surface area contributed by atoms with E-state index in [1.54, 1.807) is 0 Å². The van der Waals surface area contributed by atoms with Crippen LogP contribution in [0, 0.1) is 0 Å². The van der Waals surface area contributed by atoms with E-state index in [0.717, 1.165) is 0 Å². The van der Waals surface area contributed by atoms with Gasteiger partial charge < -0.3 is 5.48 Å². The molecule has 0 unspecified atom stereocenters. The molecule has 0 bridgehead atoms. The van der Waals surface area contributed by atoms with E-state index in [0.29, 0.717) is 0 Å². The van der Waals surface area contributed by atoms with Gasteiger partial charge in [0.25, 0.3) is 0 Å². The van der Waals surface area contributed by atoms with Crippen molar-refractivity contribution in [1.82, 2.24) is 0 Å². The maximum Gasteiger partial charge on any atom is 2.00 e. The van der Waals surface area contributed by atoms with Gasteiger partial charge in [0, 0.05) is 0 Å². The minimum Gasteiger partial charge on any atom is -2.00 e. The van der Waals surface area contributed by atoms with E-state index in [9.17, 15) is 0 Å². The van der Waals surface area contributed by atoms with Crippen LogP contribution in [0.4, 0.5) is 0 Å². The molecule has 0 fully saturated rings. The molecule has 0 radical (unpaired) electrons. The summed E-state index contributed by atoms with van der Waals surface area (Å²) in [7, 11) is 0. The maximum absolute atomic E-state index is 8.29. The summed E-state index contributed by atoms with van der Waals surface area (Å²) in [5, 5.41) is 0. The van der Waals surface area contributed by atoms with Gasteiger partial charge in [-0.2, -0.15) is 8.42 Å². The smallest absolute Gasteiger partial charge is 2.00 e. The SMILES string of the molecule is O=S=O.[Fe+2].[O-2]. The Morgan fingerprint density at radius 2 is 1.20 bits per heavy atom. The number of hydrogen-bond acceptors (Lipinski definition) is 2. The summed E-state index contributed by atoms with van der Waals surface area (Å²) in [6.45, 7) is 0. The molecular weight excluding hydrogens is 136 g/mol. The van der Waals surface area contributed by atoms with Gasteiger partial charge in [0.2, 0.25) is 0 Å². The Labute approximate surface area is 43.1 Å². The van der Waals surface area contributed by atoms with Crippen LogP contribution in [-0.2, 0) is 34.1 Å². The molecule has 3 nitrogen and oxygen atoms in total. The van der Waals surface area contributed by atoms with Crippen molar-refractivity contribution in [3.63, 3.8) is 0 Å². The monoisotopic (exact) mass is 136 g/mol. The zero-order chi connectivity index (χ0) is 2.71. The molecule has 0 heterocycles. The third kappa shape index (κ3) is 253. The fourth-order valence-corrected chi connectivity index (χ4v) is 0. The second-order valence-corrected chi connectivity index (χ2v) is 0.204. The predicted molar refractivity (Wildman–Crippen MR) is 9.61 cm³/mol. The van der Waals surface area contributed by atoms with E-state index in [1.165, 1.54) is 0 Å². The molecule has 0 rings (SSSR count). The minimum absolute atomic E-state index is 0. The van der Waals surface area contributed by atoms with E-state index in [4.69, 9.17) is 8.42 Å². The van der Waals surface area contributed by atoms with Gasteiger partial charge in [-0.1, -0.05) is 0 Å². The Kier molecular flexibility index (Phi) is 103. The van der Waals surface area contributed by atoms with Crippen LogP contribution in [0.5, 0.6) is 0 Å². The van der Waals surface area contributed by atoms with Crippen molar-refractivity contribution in [3.8, 4) is 0 Å². The summed E-state index contributed by atoms with van der Waals surface area (Å²) >= 11 is -0.750. The second kappa shape index (κ2) is 27.7. The van der Waals surface area contributed by atoms with Crippen LogP contribution in [0.25, 0.3) is 0 Å². The Balaban J connectivity index is -0.0000000200. The van der Waals surface area contributed by atoms with Crippen LogP contribution in [0.1, 0.15) is 0 Å². The zero-order valence-electron chi connectivity index (χ0n) is 1.99. The summed E-state index contributed by atoms with van der Waals surface area (Å²) in [5.74, 6) is 0. The molecule has 0 saturated carbocycles. The van der Waals surface area contributed by atoms with Gasteiger partial charge in [-0.3, -0.25) is 0 Å². The molecule has 32 valence electrons. The molecule has 0 N–H and O–H groups in total. The molecule has 5 heteroatoms. The topological polar surface area (TPSA) is 62.6 Å². The molecule has 0 saturated heterocycles. The van der Waals surface area contributed by atoms with Crippen LogP contribution < -0.4 is 0 Å². The van der Waals surface area contributed by atoms with Crippen molar-refractivity contribution in [3.05, 3.63) is 0 Å². The standard InChI is InChI=1S/Fe.O2S.O/c;1-3-2;/q+2;;-2. The Bertz CT molecular complexity index is 27.9. The summed E-state index contributed by atoms with van der Waals surface area (Å²) in [5.41, 5.74) is 0. The van der Waals surface area contributed by atoms with Gasteiger partial charge in [-0.25, -0.2) is 0 Å². The Morgan fingerprint density at radius 3 is 1.20 bits per heavy atom. The zero-order valence-corrected chi connectivity index (χ0v) is 3.91. The first-order chi connectivity index (χ1) is 1.41. The molecule has 0 atom stereocenters. The number of hydrogen-bond donors (Lipinski definition) is 0. The van der Waals surface area contributed by atoms with Crippen LogP contribution >= 0.6 is 0 Å². The minimum atomic E-state index is -0.750. The summed E-state index contributed by atoms with van der Waals surface area (Å²) in [4.78, 5) is 0. The van der Waals surface area contributed by atoms with Crippen LogP contribution in [0.2, 0.25) is 0 Å². The number of rotatable bonds is 0. The van der Waals surface area contributed by atoms with Gasteiger partial charge in [0.15, 0.2) is 0 Å². The predicted octanol–water partition coefficient (Wildman–Crippen LogP) is -0.791. The van der Waals surface area contributed by atoms with Gasteiger partial charge in [-0.05, 0) is 0 Å². The molecule has 0 aliphatic rings. The van der Waals surface area contributed by atoms with E-state index in [-0.39, 0.29) is 22.5 Å². The van der Waals surface area contributed by atoms with Crippen LogP contribution in [0.15, 0.2) is 0 Å². The fraction of sp³-hybridized carbons (Fsp3) is 0. The quantitative estimate of drug-likeness (QED) is 0.409. The van der Waals surface area contributed by atoms with Crippen molar-refractivity contribution in [2.24, 2.45) is 0 Å². The first kappa shape index (κ1) is 18.5. The summed E-state index contributed by atoms with van der Waals surface area (Å²) in [6.07, 6.45) is 0. The average Bonchev–Trinajstić information content (AvgIpc) is 0.918. The molecule has 0 aromatic heterocycles. The molecule has 0 aliphatic heterocycles. The summed E-state index contributed by atoms with van der Waals surface area (Å²) in [6, 6.07) is 0. The first-order valence-corrected chi connectivity index (χ1v) is 1.00. The van der Waals surface area contributed by atoms with Crippen LogP contribution in [0.3, 0.4) is 0 Å². The molecule has 0 aromatic rings. The fourth-order valence-electron chi connectivity index (χ4n) is 0. The molecule has 0 spiro atoms. The van der Waals surface area contributed by atoms with Gasteiger partial charge >= 0.3 is 28.6 Å². The normalized spacial score (nSPS) is 2.40.